The van der Waals surface area contributed by atoms with Crippen LogP contribution < -0.4 is 5.73 Å². The molecule has 0 fully saturated rings. The van der Waals surface area contributed by atoms with Crippen molar-refractivity contribution in [3.05, 3.63) is 0 Å². The number of aliphatic hydroxyl groups excluding tert-OH is 1. The highest BCUT2D eigenvalue weighted by atomic mass is 31.2. The molecule has 0 saturated heterocycles. The SMILES string of the molecule is NCCCCCCO.O=P(O)(O)O.O=P(O)(O)O. The Morgan fingerprint density at radius 2 is 1.00 bits per heavy atom. The van der Waals surface area contributed by atoms with Gasteiger partial charge in [0.05, 0.1) is 0 Å². The lowest BCUT2D eigenvalue weighted by atomic mass is 10.2. The maximum Gasteiger partial charge on any atom is 0.466 e. The summed E-state index contributed by atoms with van der Waals surface area (Å²) in [6, 6.07) is 0. The third-order valence-corrected chi connectivity index (χ3v) is 1.11. The van der Waals surface area contributed by atoms with E-state index in [4.69, 9.17) is 49.3 Å². The molecular formula is C6H21NO9P2. The smallest absolute Gasteiger partial charge is 0.396 e. The third-order valence-electron chi connectivity index (χ3n) is 1.11. The third kappa shape index (κ3) is 140. The lowest BCUT2D eigenvalue weighted by Crippen LogP contribution is -1.97. The van der Waals surface area contributed by atoms with Crippen molar-refractivity contribution in [1.82, 2.24) is 0 Å². The summed E-state index contributed by atoms with van der Waals surface area (Å²) < 4.78 is 17.8. The Balaban J connectivity index is -0.000000197. The van der Waals surface area contributed by atoms with Crippen LogP contribution >= 0.6 is 15.6 Å². The van der Waals surface area contributed by atoms with E-state index >= 15 is 0 Å². The molecule has 0 radical (unpaired) electrons. The zero-order valence-corrected chi connectivity index (χ0v) is 11.5. The minimum atomic E-state index is -4.64. The van der Waals surface area contributed by atoms with E-state index in [1.165, 1.54) is 0 Å². The topological polar surface area (TPSA) is 202 Å². The summed E-state index contributed by atoms with van der Waals surface area (Å²) in [7, 11) is -9.28. The van der Waals surface area contributed by atoms with E-state index in [1.54, 1.807) is 0 Å². The molecule has 0 aromatic rings. The van der Waals surface area contributed by atoms with Crippen LogP contribution in [0.1, 0.15) is 25.7 Å². The van der Waals surface area contributed by atoms with Gasteiger partial charge in [0.15, 0.2) is 0 Å². The van der Waals surface area contributed by atoms with Crippen LogP contribution in [0.3, 0.4) is 0 Å². The first-order valence-electron chi connectivity index (χ1n) is 4.79. The average molecular weight is 313 g/mol. The summed E-state index contributed by atoms with van der Waals surface area (Å²) in [5.74, 6) is 0. The number of hydrogen-bond acceptors (Lipinski definition) is 4. The fraction of sp³-hybridized carbons (Fsp3) is 1.00. The number of unbranched alkanes of at least 4 members (excludes halogenated alkanes) is 3. The van der Waals surface area contributed by atoms with Gasteiger partial charge in [-0.15, -0.1) is 0 Å². The zero-order chi connectivity index (χ0) is 15.2. The van der Waals surface area contributed by atoms with Crippen LogP contribution in [0.4, 0.5) is 0 Å². The maximum atomic E-state index is 8.88. The van der Waals surface area contributed by atoms with Gasteiger partial charge in [-0.05, 0) is 19.4 Å². The van der Waals surface area contributed by atoms with Gasteiger partial charge < -0.3 is 40.2 Å². The van der Waals surface area contributed by atoms with E-state index in [0.717, 1.165) is 32.2 Å². The molecule has 0 aromatic carbocycles. The van der Waals surface area contributed by atoms with Crippen LogP contribution in [-0.4, -0.2) is 47.6 Å². The summed E-state index contributed by atoms with van der Waals surface area (Å²) in [5.41, 5.74) is 5.25. The Bertz CT molecular complexity index is 207. The first kappa shape index (κ1) is 23.2. The molecule has 0 aliphatic heterocycles. The van der Waals surface area contributed by atoms with E-state index in [9.17, 15) is 0 Å². The van der Waals surface area contributed by atoms with Crippen molar-refractivity contribution >= 4 is 15.6 Å². The van der Waals surface area contributed by atoms with E-state index < -0.39 is 15.6 Å². The highest BCUT2D eigenvalue weighted by molar-refractivity contribution is 7.45. The number of hydrogen-bond donors (Lipinski definition) is 8. The summed E-state index contributed by atoms with van der Waals surface area (Å²) >= 11 is 0. The van der Waals surface area contributed by atoms with Gasteiger partial charge in [0.2, 0.25) is 0 Å². The van der Waals surface area contributed by atoms with Crippen molar-refractivity contribution in [3.63, 3.8) is 0 Å². The van der Waals surface area contributed by atoms with Gasteiger partial charge in [-0.3, -0.25) is 0 Å². The van der Waals surface area contributed by atoms with Gasteiger partial charge in [0.1, 0.15) is 0 Å². The lowest BCUT2D eigenvalue weighted by Gasteiger charge is -1.93. The zero-order valence-electron chi connectivity index (χ0n) is 9.66. The van der Waals surface area contributed by atoms with Crippen LogP contribution in [-0.2, 0) is 9.13 Å². The molecule has 9 N–H and O–H groups in total. The molecule has 0 aliphatic rings. The Labute approximate surface area is 105 Å². The predicted molar refractivity (Wildman–Crippen MR) is 63.1 cm³/mol. The van der Waals surface area contributed by atoms with Crippen molar-refractivity contribution in [2.24, 2.45) is 5.73 Å². The normalized spacial score (nSPS) is 10.9. The number of rotatable bonds is 5. The van der Waals surface area contributed by atoms with Crippen LogP contribution in [0.5, 0.6) is 0 Å². The monoisotopic (exact) mass is 313 g/mol. The number of aliphatic hydroxyl groups is 1. The minimum absolute atomic E-state index is 0.324. The second-order valence-corrected chi connectivity index (χ2v) is 5.01. The second kappa shape index (κ2) is 13.6. The number of phosphoric acid groups is 2. The van der Waals surface area contributed by atoms with Crippen LogP contribution in [0.2, 0.25) is 0 Å². The first-order chi connectivity index (χ1) is 7.91. The van der Waals surface area contributed by atoms with Gasteiger partial charge in [-0.2, -0.15) is 0 Å². The Kier molecular flexibility index (Phi) is 17.5. The summed E-state index contributed by atoms with van der Waals surface area (Å²) in [5, 5.41) is 8.33. The molecular weight excluding hydrogens is 292 g/mol. The molecule has 10 nitrogen and oxygen atoms in total. The molecule has 0 amide bonds. The Morgan fingerprint density at radius 1 is 0.722 bits per heavy atom. The van der Waals surface area contributed by atoms with Gasteiger partial charge in [0.25, 0.3) is 0 Å². The van der Waals surface area contributed by atoms with E-state index in [-0.39, 0.29) is 0 Å². The van der Waals surface area contributed by atoms with Crippen LogP contribution in [0, 0.1) is 0 Å². The van der Waals surface area contributed by atoms with E-state index in [0.29, 0.717) is 6.61 Å². The summed E-state index contributed by atoms with van der Waals surface area (Å²) in [4.78, 5) is 43.1. The minimum Gasteiger partial charge on any atom is -0.396 e. The second-order valence-electron chi connectivity index (χ2n) is 2.95. The molecule has 0 heterocycles. The highest BCUT2D eigenvalue weighted by Crippen LogP contribution is 2.26. The van der Waals surface area contributed by atoms with Crippen molar-refractivity contribution in [1.29, 1.82) is 0 Å². The molecule has 0 aliphatic carbocycles. The van der Waals surface area contributed by atoms with Gasteiger partial charge in [-0.25, -0.2) is 9.13 Å². The fourth-order valence-electron chi connectivity index (χ4n) is 0.610. The van der Waals surface area contributed by atoms with Crippen molar-refractivity contribution in [2.75, 3.05) is 13.2 Å². The molecule has 18 heavy (non-hydrogen) atoms. The molecule has 12 heteroatoms. The first-order valence-corrected chi connectivity index (χ1v) is 7.92. The molecule has 0 atom stereocenters. The molecule has 0 bridgehead atoms. The molecule has 0 spiro atoms. The molecule has 114 valence electrons. The predicted octanol–water partition coefficient (Wildman–Crippen LogP) is -1.36. The highest BCUT2D eigenvalue weighted by Gasteiger charge is 2.00. The van der Waals surface area contributed by atoms with Crippen molar-refractivity contribution in [2.45, 2.75) is 25.7 Å². The van der Waals surface area contributed by atoms with Crippen LogP contribution in [0.25, 0.3) is 0 Å². The Morgan fingerprint density at radius 3 is 1.22 bits per heavy atom. The standard InChI is InChI=1S/C6H15NO.2H3O4P/c7-5-3-1-2-4-6-8;2*1-5(2,3)4/h8H,1-7H2;2*(H3,1,2,3,4). The average Bonchev–Trinajstić information content (AvgIpc) is 2.07. The molecule has 0 unspecified atom stereocenters. The molecule has 0 saturated carbocycles. The lowest BCUT2D eigenvalue weighted by molar-refractivity contribution is 0.272. The van der Waals surface area contributed by atoms with Gasteiger partial charge in [0, 0.05) is 6.61 Å². The Hall–Kier alpha value is 0.140. The van der Waals surface area contributed by atoms with Gasteiger partial charge in [-0.1, -0.05) is 12.8 Å². The van der Waals surface area contributed by atoms with Crippen LogP contribution in [0.15, 0.2) is 0 Å². The van der Waals surface area contributed by atoms with E-state index in [2.05, 4.69) is 0 Å². The molecule has 0 rings (SSSR count). The van der Waals surface area contributed by atoms with E-state index in [1.807, 2.05) is 0 Å². The van der Waals surface area contributed by atoms with Crippen molar-refractivity contribution in [3.8, 4) is 0 Å². The van der Waals surface area contributed by atoms with Crippen molar-refractivity contribution < 1.29 is 43.6 Å². The number of nitrogens with two attached hydrogens (primary N) is 1. The quantitative estimate of drug-likeness (QED) is 0.221. The molecule has 0 aromatic heterocycles. The summed E-state index contributed by atoms with van der Waals surface area (Å²) in [6.07, 6.45) is 4.31. The summed E-state index contributed by atoms with van der Waals surface area (Å²) in [6.45, 7) is 1.11. The van der Waals surface area contributed by atoms with Gasteiger partial charge >= 0.3 is 15.6 Å². The largest absolute Gasteiger partial charge is 0.466 e. The fourth-order valence-corrected chi connectivity index (χ4v) is 0.610. The maximum absolute atomic E-state index is 8.88.